The topological polar surface area (TPSA) is 43.8 Å². The third-order valence-corrected chi connectivity index (χ3v) is 3.84. The van der Waals surface area contributed by atoms with Crippen LogP contribution < -0.4 is 5.73 Å². The summed E-state index contributed by atoms with van der Waals surface area (Å²) in [6, 6.07) is 14.4. The second-order valence-electron chi connectivity index (χ2n) is 4.63. The summed E-state index contributed by atoms with van der Waals surface area (Å²) in [5.41, 5.74) is 9.80. The highest BCUT2D eigenvalue weighted by Gasteiger charge is 2.11. The fourth-order valence-corrected chi connectivity index (χ4v) is 2.70. The SMILES string of the molecule is CC(c1cccc(Br)c1)n1cnc2cc(N)ccc21. The Kier molecular flexibility index (Phi) is 3.03. The summed E-state index contributed by atoms with van der Waals surface area (Å²) in [6.45, 7) is 2.17. The van der Waals surface area contributed by atoms with Gasteiger partial charge in [0.05, 0.1) is 23.4 Å². The summed E-state index contributed by atoms with van der Waals surface area (Å²) in [5, 5.41) is 0. The Hall–Kier alpha value is -1.81. The standard InChI is InChI=1S/C15H14BrN3/c1-10(11-3-2-4-12(16)7-11)19-9-18-14-8-13(17)5-6-15(14)19/h2-10H,17H2,1H3. The molecule has 2 aromatic carbocycles. The monoisotopic (exact) mass is 315 g/mol. The third-order valence-electron chi connectivity index (χ3n) is 3.35. The molecule has 2 N–H and O–H groups in total. The molecule has 3 rings (SSSR count). The fourth-order valence-electron chi connectivity index (χ4n) is 2.28. The molecule has 0 radical (unpaired) electrons. The van der Waals surface area contributed by atoms with Crippen LogP contribution in [0.3, 0.4) is 0 Å². The lowest BCUT2D eigenvalue weighted by atomic mass is 10.1. The van der Waals surface area contributed by atoms with Crippen molar-refractivity contribution in [3.63, 3.8) is 0 Å². The molecule has 0 bridgehead atoms. The number of benzene rings is 2. The van der Waals surface area contributed by atoms with E-state index in [4.69, 9.17) is 5.73 Å². The number of rotatable bonds is 2. The lowest BCUT2D eigenvalue weighted by Gasteiger charge is -2.15. The molecular formula is C15H14BrN3. The Morgan fingerprint density at radius 2 is 2.05 bits per heavy atom. The van der Waals surface area contributed by atoms with Crippen LogP contribution in [0.4, 0.5) is 5.69 Å². The number of nitrogen functional groups attached to an aromatic ring is 1. The second-order valence-corrected chi connectivity index (χ2v) is 5.55. The Morgan fingerprint density at radius 1 is 1.21 bits per heavy atom. The van der Waals surface area contributed by atoms with Gasteiger partial charge in [-0.2, -0.15) is 0 Å². The third kappa shape index (κ3) is 2.24. The number of imidazole rings is 1. The molecule has 4 heteroatoms. The molecule has 0 fully saturated rings. The van der Waals surface area contributed by atoms with E-state index >= 15 is 0 Å². The Morgan fingerprint density at radius 3 is 2.84 bits per heavy atom. The average molecular weight is 316 g/mol. The van der Waals surface area contributed by atoms with Gasteiger partial charge in [0.25, 0.3) is 0 Å². The maximum atomic E-state index is 5.78. The second kappa shape index (κ2) is 4.70. The van der Waals surface area contributed by atoms with Gasteiger partial charge < -0.3 is 10.3 Å². The zero-order valence-corrected chi connectivity index (χ0v) is 12.1. The van der Waals surface area contributed by atoms with E-state index in [1.165, 1.54) is 5.56 Å². The maximum absolute atomic E-state index is 5.78. The first-order chi connectivity index (χ1) is 9.15. The fraction of sp³-hybridized carbons (Fsp3) is 0.133. The Labute approximate surface area is 120 Å². The van der Waals surface area contributed by atoms with Crippen LogP contribution in [-0.4, -0.2) is 9.55 Å². The summed E-state index contributed by atoms with van der Waals surface area (Å²) in [6.07, 6.45) is 1.87. The average Bonchev–Trinajstić information content (AvgIpc) is 2.80. The lowest BCUT2D eigenvalue weighted by molar-refractivity contribution is 0.657. The molecule has 0 saturated heterocycles. The molecule has 3 aromatic rings. The molecule has 1 heterocycles. The van der Waals surface area contributed by atoms with Crippen LogP contribution >= 0.6 is 15.9 Å². The molecule has 96 valence electrons. The van der Waals surface area contributed by atoms with Crippen LogP contribution in [0.15, 0.2) is 53.3 Å². The maximum Gasteiger partial charge on any atom is 0.0964 e. The van der Waals surface area contributed by atoms with Gasteiger partial charge in [0, 0.05) is 10.2 Å². The highest BCUT2D eigenvalue weighted by atomic mass is 79.9. The molecule has 0 spiro atoms. The molecule has 1 aromatic heterocycles. The van der Waals surface area contributed by atoms with Crippen molar-refractivity contribution >= 4 is 32.7 Å². The van der Waals surface area contributed by atoms with Crippen LogP contribution in [0.2, 0.25) is 0 Å². The minimum Gasteiger partial charge on any atom is -0.399 e. The van der Waals surface area contributed by atoms with Crippen LogP contribution in [0.25, 0.3) is 11.0 Å². The van der Waals surface area contributed by atoms with E-state index in [2.05, 4.69) is 44.5 Å². The van der Waals surface area contributed by atoms with Crippen molar-refractivity contribution in [2.75, 3.05) is 5.73 Å². The van der Waals surface area contributed by atoms with E-state index < -0.39 is 0 Å². The quantitative estimate of drug-likeness (QED) is 0.727. The van der Waals surface area contributed by atoms with Crippen molar-refractivity contribution in [1.29, 1.82) is 0 Å². The molecule has 0 aliphatic rings. The van der Waals surface area contributed by atoms with E-state index in [0.717, 1.165) is 21.2 Å². The number of hydrogen-bond acceptors (Lipinski definition) is 2. The first kappa shape index (κ1) is 12.2. The largest absolute Gasteiger partial charge is 0.399 e. The molecule has 1 atom stereocenters. The molecule has 0 aliphatic carbocycles. The van der Waals surface area contributed by atoms with Crippen LogP contribution in [0.5, 0.6) is 0 Å². The molecule has 0 saturated carbocycles. The highest BCUT2D eigenvalue weighted by molar-refractivity contribution is 9.10. The van der Waals surface area contributed by atoms with Gasteiger partial charge in [-0.05, 0) is 42.8 Å². The number of fused-ring (bicyclic) bond motifs is 1. The molecule has 0 amide bonds. The predicted molar refractivity (Wildman–Crippen MR) is 82.1 cm³/mol. The van der Waals surface area contributed by atoms with Crippen molar-refractivity contribution in [3.05, 3.63) is 58.8 Å². The zero-order valence-electron chi connectivity index (χ0n) is 10.5. The summed E-state index contributed by atoms with van der Waals surface area (Å²) >= 11 is 3.51. The summed E-state index contributed by atoms with van der Waals surface area (Å²) in [7, 11) is 0. The van der Waals surface area contributed by atoms with Gasteiger partial charge in [0.1, 0.15) is 0 Å². The van der Waals surface area contributed by atoms with Gasteiger partial charge in [-0.3, -0.25) is 0 Å². The summed E-state index contributed by atoms with van der Waals surface area (Å²) in [4.78, 5) is 4.42. The van der Waals surface area contributed by atoms with Crippen molar-refractivity contribution in [2.24, 2.45) is 0 Å². The zero-order chi connectivity index (χ0) is 13.4. The van der Waals surface area contributed by atoms with Crippen molar-refractivity contribution < 1.29 is 0 Å². The molecule has 3 nitrogen and oxygen atoms in total. The number of halogens is 1. The Bertz CT molecular complexity index is 733. The van der Waals surface area contributed by atoms with Gasteiger partial charge in [-0.1, -0.05) is 28.1 Å². The predicted octanol–water partition coefficient (Wildman–Crippen LogP) is 3.99. The van der Waals surface area contributed by atoms with Gasteiger partial charge in [-0.25, -0.2) is 4.98 Å². The van der Waals surface area contributed by atoms with Gasteiger partial charge in [0.2, 0.25) is 0 Å². The summed E-state index contributed by atoms with van der Waals surface area (Å²) in [5.74, 6) is 0. The first-order valence-electron chi connectivity index (χ1n) is 6.12. The number of nitrogens with two attached hydrogens (primary N) is 1. The van der Waals surface area contributed by atoms with Crippen LogP contribution in [0, 0.1) is 0 Å². The van der Waals surface area contributed by atoms with Crippen molar-refractivity contribution in [3.8, 4) is 0 Å². The molecule has 1 unspecified atom stereocenters. The Balaban J connectivity index is 2.09. The van der Waals surface area contributed by atoms with E-state index in [1.807, 2.05) is 36.7 Å². The van der Waals surface area contributed by atoms with E-state index in [1.54, 1.807) is 0 Å². The van der Waals surface area contributed by atoms with Crippen molar-refractivity contribution in [1.82, 2.24) is 9.55 Å². The van der Waals surface area contributed by atoms with Gasteiger partial charge >= 0.3 is 0 Å². The molecule has 0 aliphatic heterocycles. The van der Waals surface area contributed by atoms with Gasteiger partial charge in [0.15, 0.2) is 0 Å². The van der Waals surface area contributed by atoms with Crippen LogP contribution in [0.1, 0.15) is 18.5 Å². The summed E-state index contributed by atoms with van der Waals surface area (Å²) < 4.78 is 3.25. The highest BCUT2D eigenvalue weighted by Crippen LogP contribution is 2.26. The van der Waals surface area contributed by atoms with Crippen LogP contribution in [-0.2, 0) is 0 Å². The number of nitrogens with zero attached hydrogens (tertiary/aromatic N) is 2. The normalized spacial score (nSPS) is 12.7. The minimum absolute atomic E-state index is 0.228. The van der Waals surface area contributed by atoms with Crippen molar-refractivity contribution in [2.45, 2.75) is 13.0 Å². The number of hydrogen-bond donors (Lipinski definition) is 1. The smallest absolute Gasteiger partial charge is 0.0964 e. The van der Waals surface area contributed by atoms with E-state index in [9.17, 15) is 0 Å². The van der Waals surface area contributed by atoms with Gasteiger partial charge in [-0.15, -0.1) is 0 Å². The molecule has 19 heavy (non-hydrogen) atoms. The lowest BCUT2D eigenvalue weighted by Crippen LogP contribution is -2.05. The number of aromatic nitrogens is 2. The molecular weight excluding hydrogens is 302 g/mol. The number of anilines is 1. The van der Waals surface area contributed by atoms with E-state index in [0.29, 0.717) is 0 Å². The van der Waals surface area contributed by atoms with E-state index in [-0.39, 0.29) is 6.04 Å². The first-order valence-corrected chi connectivity index (χ1v) is 6.92. The minimum atomic E-state index is 0.228.